The van der Waals surface area contributed by atoms with Gasteiger partial charge in [0.1, 0.15) is 0 Å². The van der Waals surface area contributed by atoms with Gasteiger partial charge in [-0.05, 0) is 11.5 Å². The summed E-state index contributed by atoms with van der Waals surface area (Å²) in [6, 6.07) is 9.59. The molecule has 0 fully saturated rings. The Bertz CT molecular complexity index is 607. The first kappa shape index (κ1) is 16.2. The molecule has 1 atom stereocenters. The van der Waals surface area contributed by atoms with Crippen LogP contribution >= 0.6 is 0 Å². The number of aliphatic hydroxyl groups is 1. The molecule has 2 aromatic rings. The SMILES string of the molecule is CC(C)C(CO)N(Cc1ccccc1)C(=O)c1cnn(C)c1. The summed E-state index contributed by atoms with van der Waals surface area (Å²) in [6.07, 6.45) is 3.27. The molecule has 1 unspecified atom stereocenters. The molecule has 5 heteroatoms. The highest BCUT2D eigenvalue weighted by molar-refractivity contribution is 5.94. The Labute approximate surface area is 131 Å². The predicted molar refractivity (Wildman–Crippen MR) is 85.2 cm³/mol. The van der Waals surface area contributed by atoms with Gasteiger partial charge in [0.2, 0.25) is 0 Å². The molecule has 118 valence electrons. The molecule has 0 aliphatic rings. The molecular weight excluding hydrogens is 278 g/mol. The van der Waals surface area contributed by atoms with E-state index in [2.05, 4.69) is 5.10 Å². The minimum absolute atomic E-state index is 0.0590. The number of benzene rings is 1. The topological polar surface area (TPSA) is 58.4 Å². The van der Waals surface area contributed by atoms with Crippen molar-refractivity contribution in [2.24, 2.45) is 13.0 Å². The Kier molecular flexibility index (Phi) is 5.33. The number of nitrogens with zero attached hydrogens (tertiary/aromatic N) is 3. The van der Waals surface area contributed by atoms with Crippen LogP contribution in [0.25, 0.3) is 0 Å². The van der Waals surface area contributed by atoms with Crippen molar-refractivity contribution in [2.45, 2.75) is 26.4 Å². The Hall–Kier alpha value is -2.14. The Morgan fingerprint density at radius 3 is 2.50 bits per heavy atom. The van der Waals surface area contributed by atoms with Crippen molar-refractivity contribution in [1.29, 1.82) is 0 Å². The van der Waals surface area contributed by atoms with Crippen LogP contribution in [0.4, 0.5) is 0 Å². The smallest absolute Gasteiger partial charge is 0.257 e. The van der Waals surface area contributed by atoms with E-state index in [1.165, 1.54) is 0 Å². The van der Waals surface area contributed by atoms with Gasteiger partial charge in [-0.2, -0.15) is 5.10 Å². The number of aliphatic hydroxyl groups excluding tert-OH is 1. The predicted octanol–water partition coefficient (Wildman–Crippen LogP) is 2.08. The van der Waals surface area contributed by atoms with E-state index >= 15 is 0 Å². The average Bonchev–Trinajstić information content (AvgIpc) is 2.93. The first-order valence-corrected chi connectivity index (χ1v) is 7.47. The largest absolute Gasteiger partial charge is 0.394 e. The maximum absolute atomic E-state index is 12.8. The molecule has 0 bridgehead atoms. The fraction of sp³-hybridized carbons (Fsp3) is 0.412. The molecule has 22 heavy (non-hydrogen) atoms. The van der Waals surface area contributed by atoms with E-state index in [1.807, 2.05) is 44.2 Å². The number of carbonyl (C=O) groups excluding carboxylic acids is 1. The van der Waals surface area contributed by atoms with Crippen LogP contribution in [0.3, 0.4) is 0 Å². The molecule has 0 aliphatic carbocycles. The van der Waals surface area contributed by atoms with Crippen LogP contribution in [0.15, 0.2) is 42.7 Å². The van der Waals surface area contributed by atoms with E-state index in [0.29, 0.717) is 12.1 Å². The normalized spacial score (nSPS) is 12.4. The summed E-state index contributed by atoms with van der Waals surface area (Å²) < 4.78 is 1.61. The molecule has 1 N–H and O–H groups in total. The van der Waals surface area contributed by atoms with Gasteiger partial charge in [0.15, 0.2) is 0 Å². The van der Waals surface area contributed by atoms with Crippen molar-refractivity contribution in [3.8, 4) is 0 Å². The van der Waals surface area contributed by atoms with Gasteiger partial charge in [-0.1, -0.05) is 44.2 Å². The fourth-order valence-corrected chi connectivity index (χ4v) is 2.49. The van der Waals surface area contributed by atoms with E-state index in [-0.39, 0.29) is 24.5 Å². The van der Waals surface area contributed by atoms with E-state index < -0.39 is 0 Å². The van der Waals surface area contributed by atoms with E-state index in [1.54, 1.807) is 29.0 Å². The summed E-state index contributed by atoms with van der Waals surface area (Å²) in [6.45, 7) is 4.43. The second-order valence-electron chi connectivity index (χ2n) is 5.82. The summed E-state index contributed by atoms with van der Waals surface area (Å²) in [5.41, 5.74) is 1.58. The Morgan fingerprint density at radius 1 is 1.32 bits per heavy atom. The van der Waals surface area contributed by atoms with Crippen molar-refractivity contribution in [3.63, 3.8) is 0 Å². The summed E-state index contributed by atoms with van der Waals surface area (Å²) in [5, 5.41) is 13.8. The Balaban J connectivity index is 2.30. The number of aryl methyl sites for hydroxylation is 1. The molecule has 1 amide bonds. The summed E-state index contributed by atoms with van der Waals surface area (Å²) in [5.74, 6) is 0.0547. The number of amides is 1. The number of carbonyl (C=O) groups is 1. The van der Waals surface area contributed by atoms with Crippen LogP contribution in [0.1, 0.15) is 29.8 Å². The zero-order chi connectivity index (χ0) is 16.1. The number of hydrogen-bond donors (Lipinski definition) is 1. The lowest BCUT2D eigenvalue weighted by atomic mass is 10.0. The lowest BCUT2D eigenvalue weighted by Gasteiger charge is -2.33. The second-order valence-corrected chi connectivity index (χ2v) is 5.82. The zero-order valence-electron chi connectivity index (χ0n) is 13.3. The lowest BCUT2D eigenvalue weighted by Crippen LogP contribution is -2.45. The van der Waals surface area contributed by atoms with Crippen molar-refractivity contribution in [3.05, 3.63) is 53.9 Å². The number of rotatable bonds is 6. The fourth-order valence-electron chi connectivity index (χ4n) is 2.49. The third-order valence-electron chi connectivity index (χ3n) is 3.77. The van der Waals surface area contributed by atoms with Crippen LogP contribution in [0.5, 0.6) is 0 Å². The first-order valence-electron chi connectivity index (χ1n) is 7.47. The van der Waals surface area contributed by atoms with Crippen molar-refractivity contribution in [1.82, 2.24) is 14.7 Å². The zero-order valence-corrected chi connectivity index (χ0v) is 13.3. The van der Waals surface area contributed by atoms with Crippen LogP contribution in [0, 0.1) is 5.92 Å². The molecular formula is C17H23N3O2. The minimum atomic E-state index is -0.229. The Morgan fingerprint density at radius 2 is 2.00 bits per heavy atom. The van der Waals surface area contributed by atoms with Gasteiger partial charge in [-0.25, -0.2) is 0 Å². The quantitative estimate of drug-likeness (QED) is 0.888. The summed E-state index contributed by atoms with van der Waals surface area (Å²) in [7, 11) is 1.78. The first-order chi connectivity index (χ1) is 10.5. The maximum Gasteiger partial charge on any atom is 0.257 e. The molecule has 5 nitrogen and oxygen atoms in total. The highest BCUT2D eigenvalue weighted by atomic mass is 16.3. The second kappa shape index (κ2) is 7.22. The summed E-state index contributed by atoms with van der Waals surface area (Å²) >= 11 is 0. The average molecular weight is 301 g/mol. The van der Waals surface area contributed by atoms with Gasteiger partial charge >= 0.3 is 0 Å². The van der Waals surface area contributed by atoms with Crippen LogP contribution < -0.4 is 0 Å². The van der Waals surface area contributed by atoms with E-state index in [0.717, 1.165) is 5.56 Å². The molecule has 0 aliphatic heterocycles. The lowest BCUT2D eigenvalue weighted by molar-refractivity contribution is 0.0482. The third-order valence-corrected chi connectivity index (χ3v) is 3.77. The van der Waals surface area contributed by atoms with Crippen LogP contribution in [0.2, 0.25) is 0 Å². The van der Waals surface area contributed by atoms with Crippen molar-refractivity contribution in [2.75, 3.05) is 6.61 Å². The molecule has 0 saturated heterocycles. The monoisotopic (exact) mass is 301 g/mol. The standard InChI is InChI=1S/C17H23N3O2/c1-13(2)16(12-21)20(10-14-7-5-4-6-8-14)17(22)15-9-18-19(3)11-15/h4-9,11,13,16,21H,10,12H2,1-3H3. The molecule has 0 radical (unpaired) electrons. The van der Waals surface area contributed by atoms with Crippen molar-refractivity contribution >= 4 is 5.91 Å². The third kappa shape index (κ3) is 3.74. The number of aromatic nitrogens is 2. The molecule has 0 spiro atoms. The van der Waals surface area contributed by atoms with Crippen LogP contribution in [-0.4, -0.2) is 38.3 Å². The van der Waals surface area contributed by atoms with Gasteiger partial charge in [0, 0.05) is 19.8 Å². The highest BCUT2D eigenvalue weighted by Gasteiger charge is 2.27. The maximum atomic E-state index is 12.8. The minimum Gasteiger partial charge on any atom is -0.394 e. The highest BCUT2D eigenvalue weighted by Crippen LogP contribution is 2.18. The number of hydrogen-bond acceptors (Lipinski definition) is 3. The molecule has 0 saturated carbocycles. The van der Waals surface area contributed by atoms with Gasteiger partial charge in [-0.3, -0.25) is 9.48 Å². The van der Waals surface area contributed by atoms with Crippen LogP contribution in [-0.2, 0) is 13.6 Å². The molecule has 1 aromatic carbocycles. The van der Waals surface area contributed by atoms with E-state index in [9.17, 15) is 9.90 Å². The molecule has 1 heterocycles. The van der Waals surface area contributed by atoms with Gasteiger partial charge < -0.3 is 10.0 Å². The molecule has 2 rings (SSSR count). The van der Waals surface area contributed by atoms with Gasteiger partial charge in [0.05, 0.1) is 24.4 Å². The van der Waals surface area contributed by atoms with Gasteiger partial charge in [0.25, 0.3) is 5.91 Å². The van der Waals surface area contributed by atoms with Gasteiger partial charge in [-0.15, -0.1) is 0 Å². The summed E-state index contributed by atoms with van der Waals surface area (Å²) in [4.78, 5) is 14.6. The van der Waals surface area contributed by atoms with E-state index in [4.69, 9.17) is 0 Å². The van der Waals surface area contributed by atoms with Crippen molar-refractivity contribution < 1.29 is 9.90 Å². The molecule has 1 aromatic heterocycles.